The van der Waals surface area contributed by atoms with Crippen molar-refractivity contribution in [2.75, 3.05) is 32.5 Å². The molecule has 10 heteroatoms. The number of hydrogen-bond acceptors (Lipinski definition) is 7. The maximum atomic E-state index is 14.6. The molecule has 0 aliphatic rings. The lowest BCUT2D eigenvalue weighted by Gasteiger charge is -2.12. The number of aromatic nitrogens is 7. The van der Waals surface area contributed by atoms with Crippen molar-refractivity contribution in [3.8, 4) is 33.9 Å². The van der Waals surface area contributed by atoms with Crippen LogP contribution in [0.3, 0.4) is 0 Å². The Morgan fingerprint density at radius 2 is 1.79 bits per heavy atom. The van der Waals surface area contributed by atoms with E-state index >= 15 is 0 Å². The van der Waals surface area contributed by atoms with Crippen LogP contribution in [-0.2, 0) is 0 Å². The van der Waals surface area contributed by atoms with Gasteiger partial charge in [0, 0.05) is 48.5 Å². The summed E-state index contributed by atoms with van der Waals surface area (Å²) >= 11 is 0. The van der Waals surface area contributed by atoms with Crippen molar-refractivity contribution in [1.82, 2.24) is 40.0 Å². The molecule has 0 saturated carbocycles. The minimum atomic E-state index is -0.330. The van der Waals surface area contributed by atoms with E-state index in [1.807, 2.05) is 51.5 Å². The van der Waals surface area contributed by atoms with Crippen LogP contribution in [0.15, 0.2) is 61.2 Å². The third kappa shape index (κ3) is 4.46. The van der Waals surface area contributed by atoms with Gasteiger partial charge in [-0.1, -0.05) is 0 Å². The van der Waals surface area contributed by atoms with E-state index in [9.17, 15) is 4.39 Å². The second kappa shape index (κ2) is 9.64. The third-order valence-corrected chi connectivity index (χ3v) is 6.44. The molecule has 0 aliphatic heterocycles. The van der Waals surface area contributed by atoms with Crippen LogP contribution in [0.5, 0.6) is 0 Å². The van der Waals surface area contributed by atoms with Crippen molar-refractivity contribution < 1.29 is 4.39 Å². The van der Waals surface area contributed by atoms with E-state index in [1.54, 1.807) is 18.6 Å². The van der Waals surface area contributed by atoms with Crippen LogP contribution >= 0.6 is 0 Å². The monoisotopic (exact) mass is 507 g/mol. The summed E-state index contributed by atoms with van der Waals surface area (Å²) in [6, 6.07) is 10.8. The molecule has 5 heterocycles. The Morgan fingerprint density at radius 3 is 2.63 bits per heavy atom. The normalized spacial score (nSPS) is 11.6. The zero-order chi connectivity index (χ0) is 26.2. The van der Waals surface area contributed by atoms with E-state index in [0.717, 1.165) is 40.0 Å². The average Bonchev–Trinajstić information content (AvgIpc) is 3.52. The second-order valence-corrected chi connectivity index (χ2v) is 9.48. The third-order valence-electron chi connectivity index (χ3n) is 6.44. The van der Waals surface area contributed by atoms with E-state index < -0.39 is 0 Å². The smallest absolute Gasteiger partial charge is 0.161 e. The molecular formula is C28H26FN9. The molecule has 0 radical (unpaired) electrons. The summed E-state index contributed by atoms with van der Waals surface area (Å²) in [6.07, 6.45) is 6.99. The van der Waals surface area contributed by atoms with Crippen molar-refractivity contribution in [3.05, 3.63) is 72.6 Å². The number of anilines is 1. The number of imidazole rings is 1. The van der Waals surface area contributed by atoms with Gasteiger partial charge in [0.1, 0.15) is 11.3 Å². The summed E-state index contributed by atoms with van der Waals surface area (Å²) in [6.45, 7) is 3.56. The Kier molecular flexibility index (Phi) is 6.01. The molecule has 6 rings (SSSR count). The number of H-pyrrole nitrogens is 2. The van der Waals surface area contributed by atoms with Crippen LogP contribution in [-0.4, -0.2) is 67.2 Å². The van der Waals surface area contributed by atoms with Crippen LogP contribution in [0.25, 0.3) is 56.0 Å². The first kappa shape index (κ1) is 23.7. The zero-order valence-corrected chi connectivity index (χ0v) is 21.2. The van der Waals surface area contributed by atoms with Crippen molar-refractivity contribution in [2.45, 2.75) is 6.92 Å². The molecule has 0 spiro atoms. The molecule has 38 heavy (non-hydrogen) atoms. The number of pyridine rings is 3. The van der Waals surface area contributed by atoms with E-state index in [2.05, 4.69) is 35.4 Å². The highest BCUT2D eigenvalue weighted by Crippen LogP contribution is 2.33. The maximum absolute atomic E-state index is 14.6. The predicted molar refractivity (Wildman–Crippen MR) is 147 cm³/mol. The van der Waals surface area contributed by atoms with Gasteiger partial charge < -0.3 is 15.2 Å². The van der Waals surface area contributed by atoms with E-state index in [0.29, 0.717) is 40.3 Å². The molecule has 0 saturated heterocycles. The number of nitrogens with one attached hydrogen (secondary N) is 3. The number of fused-ring (bicyclic) bond motifs is 2. The molecule has 0 bridgehead atoms. The Labute approximate surface area is 218 Å². The summed E-state index contributed by atoms with van der Waals surface area (Å²) in [7, 11) is 4.00. The summed E-state index contributed by atoms with van der Waals surface area (Å²) in [5, 5.41) is 10.8. The molecule has 0 aliphatic carbocycles. The lowest BCUT2D eigenvalue weighted by molar-refractivity contribution is 0.425. The van der Waals surface area contributed by atoms with Crippen molar-refractivity contribution in [2.24, 2.45) is 0 Å². The lowest BCUT2D eigenvalue weighted by Crippen LogP contribution is -2.20. The SMILES string of the molecule is Cc1ccncc1-c1ccc2[nH]nc(-c3nc4c(-c5cc(F)cc(NCCN(C)C)c5)cncc4[nH]3)c2n1. The number of hydrogen-bond donors (Lipinski definition) is 3. The highest BCUT2D eigenvalue weighted by Gasteiger charge is 2.18. The first-order valence-corrected chi connectivity index (χ1v) is 12.3. The van der Waals surface area contributed by atoms with Gasteiger partial charge in [0.25, 0.3) is 0 Å². The first-order valence-electron chi connectivity index (χ1n) is 12.3. The fourth-order valence-electron chi connectivity index (χ4n) is 4.47. The van der Waals surface area contributed by atoms with Gasteiger partial charge in [0.15, 0.2) is 11.5 Å². The second-order valence-electron chi connectivity index (χ2n) is 9.48. The first-order chi connectivity index (χ1) is 18.5. The largest absolute Gasteiger partial charge is 0.384 e. The number of rotatable bonds is 7. The van der Waals surface area contributed by atoms with Gasteiger partial charge in [0.05, 0.1) is 28.4 Å². The zero-order valence-electron chi connectivity index (χ0n) is 21.2. The molecular weight excluding hydrogens is 481 g/mol. The van der Waals surface area contributed by atoms with E-state index in [4.69, 9.17) is 9.97 Å². The highest BCUT2D eigenvalue weighted by atomic mass is 19.1. The summed E-state index contributed by atoms with van der Waals surface area (Å²) in [5.41, 5.74) is 8.44. The Morgan fingerprint density at radius 1 is 0.921 bits per heavy atom. The topological polar surface area (TPSA) is 111 Å². The van der Waals surface area contributed by atoms with Crippen LogP contribution in [0.4, 0.5) is 10.1 Å². The maximum Gasteiger partial charge on any atom is 0.161 e. The van der Waals surface area contributed by atoms with Gasteiger partial charge >= 0.3 is 0 Å². The summed E-state index contributed by atoms with van der Waals surface area (Å²) < 4.78 is 14.6. The minimum absolute atomic E-state index is 0.330. The average molecular weight is 508 g/mol. The van der Waals surface area contributed by atoms with Gasteiger partial charge in [0.2, 0.25) is 0 Å². The van der Waals surface area contributed by atoms with Crippen LogP contribution in [0.1, 0.15) is 5.56 Å². The van der Waals surface area contributed by atoms with Gasteiger partial charge in [-0.2, -0.15) is 5.10 Å². The number of halogens is 1. The number of aryl methyl sites for hydroxylation is 1. The van der Waals surface area contributed by atoms with Crippen molar-refractivity contribution in [3.63, 3.8) is 0 Å². The van der Waals surface area contributed by atoms with Crippen LogP contribution in [0, 0.1) is 12.7 Å². The molecule has 0 atom stereocenters. The molecule has 0 unspecified atom stereocenters. The summed E-state index contributed by atoms with van der Waals surface area (Å²) in [5.74, 6) is 0.220. The minimum Gasteiger partial charge on any atom is -0.384 e. The molecule has 0 amide bonds. The van der Waals surface area contributed by atoms with Gasteiger partial charge in [-0.05, 0) is 68.5 Å². The molecule has 0 fully saturated rings. The summed E-state index contributed by atoms with van der Waals surface area (Å²) in [4.78, 5) is 23.8. The molecule has 3 N–H and O–H groups in total. The Bertz CT molecular complexity index is 1770. The highest BCUT2D eigenvalue weighted by molar-refractivity contribution is 5.96. The van der Waals surface area contributed by atoms with E-state index in [-0.39, 0.29) is 5.82 Å². The number of aromatic amines is 2. The quantitative estimate of drug-likeness (QED) is 0.277. The number of benzene rings is 1. The number of likely N-dealkylation sites (N-methyl/N-ethyl adjacent to an activating group) is 1. The molecule has 5 aromatic heterocycles. The van der Waals surface area contributed by atoms with Gasteiger partial charge in [-0.3, -0.25) is 15.1 Å². The van der Waals surface area contributed by atoms with Crippen molar-refractivity contribution in [1.29, 1.82) is 0 Å². The lowest BCUT2D eigenvalue weighted by atomic mass is 10.1. The molecule has 6 aromatic rings. The van der Waals surface area contributed by atoms with E-state index in [1.165, 1.54) is 12.1 Å². The Balaban J connectivity index is 1.41. The molecule has 9 nitrogen and oxygen atoms in total. The molecule has 190 valence electrons. The predicted octanol–water partition coefficient (Wildman–Crippen LogP) is 5.05. The molecule has 1 aromatic carbocycles. The Hall–Kier alpha value is -4.70. The van der Waals surface area contributed by atoms with Gasteiger partial charge in [-0.15, -0.1) is 0 Å². The van der Waals surface area contributed by atoms with Crippen molar-refractivity contribution >= 4 is 27.8 Å². The van der Waals surface area contributed by atoms with Crippen LogP contribution < -0.4 is 5.32 Å². The fourth-order valence-corrected chi connectivity index (χ4v) is 4.47. The van der Waals surface area contributed by atoms with Gasteiger partial charge in [-0.25, -0.2) is 14.4 Å². The fraction of sp³-hybridized carbons (Fsp3) is 0.179. The van der Waals surface area contributed by atoms with Crippen LogP contribution in [0.2, 0.25) is 0 Å². The standard InChI is InChI=1S/C28H26FN9/c1-16-6-7-30-13-20(16)22-4-5-23-26(33-22)27(37-36-23)28-34-24-15-31-14-21(25(24)35-28)17-10-18(29)12-19(11-17)32-8-9-38(2)3/h4-7,10-15,32H,8-9H2,1-3H3,(H,34,35)(H,36,37). The number of nitrogens with zero attached hydrogens (tertiary/aromatic N) is 6.